The number of ether oxygens (including phenoxy) is 1. The molecule has 0 aliphatic carbocycles. The number of phenolic OH excluding ortho intramolecular Hbond substituents is 1. The first-order chi connectivity index (χ1) is 7.81. The molecule has 2 aromatic rings. The molecule has 5 nitrogen and oxygen atoms in total. The number of aryl methyl sites for hydroxylation is 1. The van der Waals surface area contributed by atoms with E-state index in [0.29, 0.717) is 12.4 Å². The number of aromatic hydroxyl groups is 1. The Morgan fingerprint density at radius 3 is 2.94 bits per heavy atom. The number of hydrogen-bond donors (Lipinski definition) is 1. The van der Waals surface area contributed by atoms with E-state index in [-0.39, 0.29) is 5.75 Å². The van der Waals surface area contributed by atoms with Crippen LogP contribution in [0.5, 0.6) is 11.5 Å². The van der Waals surface area contributed by atoms with Crippen LogP contribution in [0.4, 0.5) is 0 Å². The molecule has 0 spiro atoms. The second-order valence-corrected chi connectivity index (χ2v) is 3.25. The molecule has 0 unspecified atom stereocenters. The molecule has 1 aromatic heterocycles. The van der Waals surface area contributed by atoms with E-state index >= 15 is 0 Å². The first kappa shape index (κ1) is 10.5. The summed E-state index contributed by atoms with van der Waals surface area (Å²) in [5.74, 6) is 1.32. The molecule has 0 bridgehead atoms. The van der Waals surface area contributed by atoms with E-state index < -0.39 is 0 Å². The molecule has 84 valence electrons. The average molecular weight is 219 g/mol. The smallest absolute Gasteiger partial charge is 0.164 e. The Bertz CT molecular complexity index is 468. The van der Waals surface area contributed by atoms with Gasteiger partial charge in [0.15, 0.2) is 17.3 Å². The number of rotatable bonds is 4. The number of nitrogens with zero attached hydrogens (tertiary/aromatic N) is 3. The van der Waals surface area contributed by atoms with Crippen LogP contribution in [0.15, 0.2) is 30.6 Å². The zero-order chi connectivity index (χ0) is 11.4. The summed E-state index contributed by atoms with van der Waals surface area (Å²) < 4.78 is 7.20. The quantitative estimate of drug-likeness (QED) is 0.848. The Hall–Kier alpha value is -2.04. The van der Waals surface area contributed by atoms with E-state index in [2.05, 4.69) is 10.1 Å². The minimum Gasteiger partial charge on any atom is -0.504 e. The zero-order valence-electron chi connectivity index (χ0n) is 9.00. The lowest BCUT2D eigenvalue weighted by Gasteiger charge is -2.07. The van der Waals surface area contributed by atoms with Crippen molar-refractivity contribution in [2.45, 2.75) is 20.1 Å². The van der Waals surface area contributed by atoms with E-state index in [1.807, 2.05) is 6.92 Å². The van der Waals surface area contributed by atoms with E-state index in [0.717, 1.165) is 12.4 Å². The summed E-state index contributed by atoms with van der Waals surface area (Å²) in [4.78, 5) is 4.08. The molecule has 1 heterocycles. The van der Waals surface area contributed by atoms with Gasteiger partial charge in [-0.3, -0.25) is 0 Å². The fourth-order valence-electron chi connectivity index (χ4n) is 1.39. The lowest BCUT2D eigenvalue weighted by atomic mass is 10.3. The summed E-state index contributed by atoms with van der Waals surface area (Å²) >= 11 is 0. The highest BCUT2D eigenvalue weighted by molar-refractivity contribution is 5.37. The third-order valence-electron chi connectivity index (χ3n) is 2.22. The van der Waals surface area contributed by atoms with Crippen molar-refractivity contribution in [3.8, 4) is 11.5 Å². The minimum absolute atomic E-state index is 0.130. The Morgan fingerprint density at radius 1 is 1.38 bits per heavy atom. The maximum absolute atomic E-state index is 9.50. The lowest BCUT2D eigenvalue weighted by molar-refractivity contribution is 0.273. The normalized spacial score (nSPS) is 10.3. The predicted molar refractivity (Wildman–Crippen MR) is 58.1 cm³/mol. The van der Waals surface area contributed by atoms with Gasteiger partial charge in [0.05, 0.1) is 0 Å². The van der Waals surface area contributed by atoms with Crippen LogP contribution >= 0.6 is 0 Å². The van der Waals surface area contributed by atoms with E-state index in [1.54, 1.807) is 28.9 Å². The number of phenols is 1. The van der Waals surface area contributed by atoms with E-state index in [4.69, 9.17) is 4.74 Å². The molecular weight excluding hydrogens is 206 g/mol. The van der Waals surface area contributed by atoms with Crippen molar-refractivity contribution < 1.29 is 9.84 Å². The molecule has 0 saturated carbocycles. The summed E-state index contributed by atoms with van der Waals surface area (Å²) in [6.07, 6.45) is 1.49. The van der Waals surface area contributed by atoms with Gasteiger partial charge in [-0.05, 0) is 19.1 Å². The van der Waals surface area contributed by atoms with Crippen LogP contribution in [0.3, 0.4) is 0 Å². The molecule has 0 fully saturated rings. The van der Waals surface area contributed by atoms with Gasteiger partial charge >= 0.3 is 0 Å². The van der Waals surface area contributed by atoms with Crippen LogP contribution in [0, 0.1) is 0 Å². The number of para-hydroxylation sites is 2. The van der Waals surface area contributed by atoms with Gasteiger partial charge < -0.3 is 9.84 Å². The van der Waals surface area contributed by atoms with Crippen LogP contribution in [0.1, 0.15) is 12.7 Å². The summed E-state index contributed by atoms with van der Waals surface area (Å²) in [7, 11) is 0. The maximum atomic E-state index is 9.50. The molecule has 1 N–H and O–H groups in total. The largest absolute Gasteiger partial charge is 0.504 e. The fourth-order valence-corrected chi connectivity index (χ4v) is 1.39. The molecule has 0 radical (unpaired) electrons. The molecule has 0 aliphatic heterocycles. The van der Waals surface area contributed by atoms with Crippen molar-refractivity contribution in [3.63, 3.8) is 0 Å². The van der Waals surface area contributed by atoms with Crippen LogP contribution in [0.2, 0.25) is 0 Å². The van der Waals surface area contributed by atoms with Gasteiger partial charge in [-0.15, -0.1) is 0 Å². The molecule has 0 saturated heterocycles. The molecule has 5 heteroatoms. The molecule has 0 amide bonds. The van der Waals surface area contributed by atoms with Crippen molar-refractivity contribution in [2.75, 3.05) is 0 Å². The van der Waals surface area contributed by atoms with Gasteiger partial charge in [-0.25, -0.2) is 9.67 Å². The molecule has 0 atom stereocenters. The average Bonchev–Trinajstić information content (AvgIpc) is 2.75. The monoisotopic (exact) mass is 219 g/mol. The summed E-state index contributed by atoms with van der Waals surface area (Å²) in [5, 5.41) is 13.5. The summed E-state index contributed by atoms with van der Waals surface area (Å²) in [6.45, 7) is 3.03. The summed E-state index contributed by atoms with van der Waals surface area (Å²) in [5.41, 5.74) is 0. The fraction of sp³-hybridized carbons (Fsp3) is 0.273. The van der Waals surface area contributed by atoms with Crippen LogP contribution in [0.25, 0.3) is 0 Å². The van der Waals surface area contributed by atoms with E-state index in [9.17, 15) is 5.11 Å². The topological polar surface area (TPSA) is 60.2 Å². The van der Waals surface area contributed by atoms with Crippen LogP contribution in [-0.2, 0) is 13.2 Å². The van der Waals surface area contributed by atoms with Crippen molar-refractivity contribution in [3.05, 3.63) is 36.4 Å². The van der Waals surface area contributed by atoms with Crippen LogP contribution < -0.4 is 4.74 Å². The Labute approximate surface area is 93.3 Å². The third kappa shape index (κ3) is 2.13. The standard InChI is InChI=1S/C11H13N3O2/c1-2-14-11(12-8-13-14)7-16-10-6-4-3-5-9(10)15/h3-6,8,15H,2,7H2,1H3. The molecular formula is C11H13N3O2. The molecule has 0 aliphatic rings. The Kier molecular flexibility index (Phi) is 3.05. The first-order valence-electron chi connectivity index (χ1n) is 5.08. The van der Waals surface area contributed by atoms with Crippen molar-refractivity contribution in [2.24, 2.45) is 0 Å². The second-order valence-electron chi connectivity index (χ2n) is 3.25. The Balaban J connectivity index is 2.05. The number of benzene rings is 1. The molecule has 1 aromatic carbocycles. The van der Waals surface area contributed by atoms with Gasteiger partial charge in [0.2, 0.25) is 0 Å². The lowest BCUT2D eigenvalue weighted by Crippen LogP contribution is -2.07. The predicted octanol–water partition coefficient (Wildman–Crippen LogP) is 1.58. The van der Waals surface area contributed by atoms with Gasteiger partial charge in [-0.1, -0.05) is 12.1 Å². The molecule has 2 rings (SSSR count). The van der Waals surface area contributed by atoms with Gasteiger partial charge in [0, 0.05) is 6.54 Å². The van der Waals surface area contributed by atoms with Crippen molar-refractivity contribution >= 4 is 0 Å². The minimum atomic E-state index is 0.130. The van der Waals surface area contributed by atoms with Crippen molar-refractivity contribution in [1.82, 2.24) is 14.8 Å². The second kappa shape index (κ2) is 4.65. The Morgan fingerprint density at radius 2 is 2.19 bits per heavy atom. The van der Waals surface area contributed by atoms with Crippen molar-refractivity contribution in [1.29, 1.82) is 0 Å². The van der Waals surface area contributed by atoms with Gasteiger partial charge in [-0.2, -0.15) is 5.10 Å². The van der Waals surface area contributed by atoms with Gasteiger partial charge in [0.1, 0.15) is 12.9 Å². The summed E-state index contributed by atoms with van der Waals surface area (Å²) in [6, 6.07) is 6.85. The van der Waals surface area contributed by atoms with Crippen LogP contribution in [-0.4, -0.2) is 19.9 Å². The highest BCUT2D eigenvalue weighted by Gasteiger charge is 2.05. The molecule has 16 heavy (non-hydrogen) atoms. The highest BCUT2D eigenvalue weighted by atomic mass is 16.5. The number of aromatic nitrogens is 3. The van der Waals surface area contributed by atoms with Gasteiger partial charge in [0.25, 0.3) is 0 Å². The highest BCUT2D eigenvalue weighted by Crippen LogP contribution is 2.24. The third-order valence-corrected chi connectivity index (χ3v) is 2.22. The number of hydrogen-bond acceptors (Lipinski definition) is 4. The first-order valence-corrected chi connectivity index (χ1v) is 5.08. The SMILES string of the molecule is CCn1ncnc1COc1ccccc1O. The zero-order valence-corrected chi connectivity index (χ0v) is 9.00. The maximum Gasteiger partial charge on any atom is 0.164 e. The van der Waals surface area contributed by atoms with E-state index in [1.165, 1.54) is 6.33 Å².